The van der Waals surface area contributed by atoms with E-state index in [0.29, 0.717) is 29.7 Å². The molecule has 9 nitrogen and oxygen atoms in total. The minimum Gasteiger partial charge on any atom is -0.397 e. The molecule has 0 radical (unpaired) electrons. The molecule has 1 saturated heterocycles. The van der Waals surface area contributed by atoms with Crippen LogP contribution in [0, 0.1) is 0 Å². The molecule has 1 atom stereocenters. The molecule has 2 aromatic carbocycles. The molecule has 4 N–H and O–H groups in total. The van der Waals surface area contributed by atoms with E-state index >= 15 is 0 Å². The number of likely N-dealkylation sites (tertiary alicyclic amines) is 1. The number of hydrogen-bond acceptors (Lipinski definition) is 6. The number of aromatic nitrogens is 1. The molecule has 42 heavy (non-hydrogen) atoms. The molecule has 2 amide bonds. The third-order valence-corrected chi connectivity index (χ3v) is 8.53. The third kappa shape index (κ3) is 7.77. The van der Waals surface area contributed by atoms with Crippen molar-refractivity contribution in [1.29, 1.82) is 0 Å². The molecule has 1 fully saturated rings. The van der Waals surface area contributed by atoms with Crippen LogP contribution in [-0.2, 0) is 26.0 Å². The van der Waals surface area contributed by atoms with E-state index in [9.17, 15) is 26.8 Å². The zero-order valence-electron chi connectivity index (χ0n) is 23.1. The predicted molar refractivity (Wildman–Crippen MR) is 157 cm³/mol. The van der Waals surface area contributed by atoms with Crippen LogP contribution in [-0.4, -0.2) is 49.2 Å². The molecule has 0 aliphatic carbocycles. The molecule has 2 heterocycles. The highest BCUT2D eigenvalue weighted by Gasteiger charge is 2.32. The van der Waals surface area contributed by atoms with Gasteiger partial charge in [0.1, 0.15) is 10.9 Å². The Morgan fingerprint density at radius 3 is 2.36 bits per heavy atom. The van der Waals surface area contributed by atoms with Gasteiger partial charge in [-0.15, -0.1) is 0 Å². The second kappa shape index (κ2) is 13.7. The molecule has 1 aliphatic heterocycles. The molecule has 0 saturated carbocycles. The maximum Gasteiger partial charge on any atom is 0.269 e. The number of nitrogens with two attached hydrogens (primary N) is 1. The second-order valence-electron chi connectivity index (χ2n) is 10.1. The summed E-state index contributed by atoms with van der Waals surface area (Å²) in [5.74, 6) is -0.960. The van der Waals surface area contributed by atoms with Crippen molar-refractivity contribution in [3.8, 4) is 11.1 Å². The lowest BCUT2D eigenvalue weighted by molar-refractivity contribution is -0.133. The summed E-state index contributed by atoms with van der Waals surface area (Å²) >= 11 is 0. The second-order valence-corrected chi connectivity index (χ2v) is 11.7. The van der Waals surface area contributed by atoms with E-state index in [1.54, 1.807) is 48.5 Å². The molecule has 0 unspecified atom stereocenters. The van der Waals surface area contributed by atoms with Crippen LogP contribution in [0.25, 0.3) is 11.1 Å². The Balaban J connectivity index is 1.63. The molecular formula is C30H33F2N5O4S. The molecule has 222 valence electrons. The maximum atomic E-state index is 13.9. The largest absolute Gasteiger partial charge is 0.397 e. The summed E-state index contributed by atoms with van der Waals surface area (Å²) in [6.07, 6.45) is 0.840. The number of rotatable bonds is 10. The molecule has 4 rings (SSSR count). The normalized spacial score (nSPS) is 14.4. The molecule has 1 aliphatic rings. The van der Waals surface area contributed by atoms with Crippen molar-refractivity contribution in [3.63, 3.8) is 0 Å². The summed E-state index contributed by atoms with van der Waals surface area (Å²) in [6, 6.07) is 15.9. The van der Waals surface area contributed by atoms with Gasteiger partial charge in [0.2, 0.25) is 21.8 Å². The van der Waals surface area contributed by atoms with Crippen molar-refractivity contribution in [1.82, 2.24) is 14.6 Å². The number of piperidine rings is 1. The summed E-state index contributed by atoms with van der Waals surface area (Å²) in [4.78, 5) is 31.2. The number of hydrogen-bond donors (Lipinski definition) is 3. The van der Waals surface area contributed by atoms with Crippen LogP contribution in [0.2, 0.25) is 0 Å². The summed E-state index contributed by atoms with van der Waals surface area (Å²) in [5.41, 5.74) is 8.22. The van der Waals surface area contributed by atoms with E-state index in [0.717, 1.165) is 5.69 Å². The van der Waals surface area contributed by atoms with Crippen LogP contribution in [0.1, 0.15) is 38.3 Å². The van der Waals surface area contributed by atoms with Gasteiger partial charge in [0.15, 0.2) is 0 Å². The number of sulfonamides is 1. The van der Waals surface area contributed by atoms with E-state index in [2.05, 4.69) is 15.0 Å². The zero-order valence-corrected chi connectivity index (χ0v) is 24.0. The maximum absolute atomic E-state index is 13.9. The molecule has 12 heteroatoms. The molecular weight excluding hydrogens is 564 g/mol. The number of carbonyl (C=O) groups is 2. The average Bonchev–Trinajstić information content (AvgIpc) is 2.97. The van der Waals surface area contributed by atoms with E-state index < -0.39 is 34.0 Å². The van der Waals surface area contributed by atoms with Crippen LogP contribution in [0.15, 0.2) is 83.4 Å². The van der Waals surface area contributed by atoms with Gasteiger partial charge in [0, 0.05) is 31.3 Å². The third-order valence-electron chi connectivity index (χ3n) is 7.02. The van der Waals surface area contributed by atoms with Crippen molar-refractivity contribution < 1.29 is 26.8 Å². The van der Waals surface area contributed by atoms with E-state index in [1.165, 1.54) is 24.1 Å². The summed E-state index contributed by atoms with van der Waals surface area (Å²) in [6.45, 7) is 1.40. The van der Waals surface area contributed by atoms with Gasteiger partial charge in [0.25, 0.3) is 6.08 Å². The summed E-state index contributed by atoms with van der Waals surface area (Å²) < 4.78 is 56.5. The van der Waals surface area contributed by atoms with Crippen LogP contribution >= 0.6 is 0 Å². The Morgan fingerprint density at radius 1 is 1.02 bits per heavy atom. The van der Waals surface area contributed by atoms with Crippen LogP contribution in [0.4, 0.5) is 20.2 Å². The van der Waals surface area contributed by atoms with Crippen molar-refractivity contribution in [2.45, 2.75) is 50.0 Å². The van der Waals surface area contributed by atoms with Gasteiger partial charge in [0.05, 0.1) is 17.6 Å². The highest BCUT2D eigenvalue weighted by atomic mass is 32.2. The highest BCUT2D eigenvalue weighted by Crippen LogP contribution is 2.34. The number of para-hydroxylation sites is 1. The number of aryl methyl sites for hydroxylation is 1. The Hall–Kier alpha value is -4.16. The van der Waals surface area contributed by atoms with Crippen LogP contribution < -0.4 is 15.8 Å². The fourth-order valence-corrected chi connectivity index (χ4v) is 6.29. The summed E-state index contributed by atoms with van der Waals surface area (Å²) in [5, 5.41) is 2.65. The van der Waals surface area contributed by atoms with E-state index in [-0.39, 0.29) is 48.5 Å². The topological polar surface area (TPSA) is 134 Å². The van der Waals surface area contributed by atoms with Gasteiger partial charge in [-0.2, -0.15) is 13.5 Å². The first-order valence-electron chi connectivity index (χ1n) is 13.6. The van der Waals surface area contributed by atoms with E-state index in [4.69, 9.17) is 5.73 Å². The lowest BCUT2D eigenvalue weighted by Gasteiger charge is -2.31. The molecule has 0 spiro atoms. The van der Waals surface area contributed by atoms with E-state index in [1.807, 2.05) is 6.07 Å². The Bertz CT molecular complexity index is 1550. The Kier molecular flexibility index (Phi) is 10.0. The monoisotopic (exact) mass is 597 g/mol. The van der Waals surface area contributed by atoms with Crippen molar-refractivity contribution in [3.05, 3.63) is 84.2 Å². The smallest absolute Gasteiger partial charge is 0.269 e. The quantitative estimate of drug-likeness (QED) is 0.309. The molecule has 1 aromatic heterocycles. The zero-order chi connectivity index (χ0) is 30.3. The minimum atomic E-state index is -4.35. The average molecular weight is 598 g/mol. The van der Waals surface area contributed by atoms with Gasteiger partial charge >= 0.3 is 0 Å². The van der Waals surface area contributed by atoms with Gasteiger partial charge in [-0.25, -0.2) is 8.42 Å². The first kappa shape index (κ1) is 30.8. The van der Waals surface area contributed by atoms with Crippen LogP contribution in [0.3, 0.4) is 0 Å². The Morgan fingerprint density at radius 2 is 1.74 bits per heavy atom. The number of pyridine rings is 1. The number of nitrogens with zero attached hydrogens (tertiary/aromatic N) is 2. The number of anilines is 2. The number of halogens is 2. The van der Waals surface area contributed by atoms with Gasteiger partial charge in [-0.3, -0.25) is 14.6 Å². The SMILES string of the molecule is CC(=O)Nc1c(-c2ccccc2)cccc1S(=O)(=O)N[C@@H](CCCc1ccc(N)cn1)C(=O)N1CCC(=C(F)F)CC1. The van der Waals surface area contributed by atoms with Gasteiger partial charge in [-0.1, -0.05) is 42.5 Å². The number of nitrogens with one attached hydrogen (secondary N) is 2. The fourth-order valence-electron chi connectivity index (χ4n) is 4.88. The number of benzene rings is 2. The predicted octanol–water partition coefficient (Wildman–Crippen LogP) is 4.73. The lowest BCUT2D eigenvalue weighted by atomic mass is 10.0. The minimum absolute atomic E-state index is 0.00304. The van der Waals surface area contributed by atoms with Gasteiger partial charge < -0.3 is 16.0 Å². The van der Waals surface area contributed by atoms with Crippen molar-refractivity contribution in [2.75, 3.05) is 24.1 Å². The lowest BCUT2D eigenvalue weighted by Crippen LogP contribution is -2.50. The first-order valence-corrected chi connectivity index (χ1v) is 15.0. The first-order chi connectivity index (χ1) is 20.0. The standard InChI is InChI=1S/C30H33F2N5O4S/c1-20(38)35-28-25(21-7-3-2-4-8-21)10-6-12-27(28)42(40,41)36-26(11-5-9-24-14-13-23(33)19-34-24)30(39)37-17-15-22(16-18-37)29(31)32/h2-4,6-8,10,12-14,19,26,36H,5,9,11,15-18,33H2,1H3,(H,35,38)/t26-/m0/s1. The molecule has 0 bridgehead atoms. The molecule has 3 aromatic rings. The van der Waals surface area contributed by atoms with Gasteiger partial charge in [-0.05, 0) is 61.4 Å². The number of nitrogen functional groups attached to an aromatic ring is 1. The Labute approximate surface area is 243 Å². The number of carbonyl (C=O) groups excluding carboxylic acids is 2. The van der Waals surface area contributed by atoms with Crippen LogP contribution in [0.5, 0.6) is 0 Å². The number of amides is 2. The van der Waals surface area contributed by atoms with Crippen molar-refractivity contribution >= 4 is 33.2 Å². The fraction of sp³-hybridized carbons (Fsp3) is 0.300. The highest BCUT2D eigenvalue weighted by molar-refractivity contribution is 7.89. The summed E-state index contributed by atoms with van der Waals surface area (Å²) in [7, 11) is -4.35. The van der Waals surface area contributed by atoms with Crippen molar-refractivity contribution in [2.24, 2.45) is 0 Å².